The molecule has 0 radical (unpaired) electrons. The standard InChI is InChI=1S/C34H35N3O7S2/c38-24-26-14-16-29(17-15-26)46(42,43)33-13-7-6-12-32(33)45(40,41)25-35-20-23-37-21-18-28(19-22-37)44-34(39)36-31-11-5-4-10-30(31)27-8-2-1-3-9-27/h1-17,24,28,35H,18-23,25H2,(H,36,39). The van der Waals surface area contributed by atoms with Crippen LogP contribution in [0.4, 0.5) is 10.5 Å². The average Bonchev–Trinajstić information content (AvgIpc) is 3.08. The molecule has 5 rings (SSSR count). The van der Waals surface area contributed by atoms with E-state index in [4.69, 9.17) is 4.74 Å². The second-order valence-electron chi connectivity index (χ2n) is 10.9. The SMILES string of the molecule is O=Cc1ccc(S(=O)(=O)c2ccccc2S(=O)(=O)CNCCN2CCC(OC(=O)Nc3ccccc3-c3ccccc3)CC2)cc1. The number of sulfone groups is 2. The lowest BCUT2D eigenvalue weighted by Crippen LogP contribution is -2.42. The van der Waals surface area contributed by atoms with Gasteiger partial charge in [-0.15, -0.1) is 0 Å². The van der Waals surface area contributed by atoms with E-state index in [-0.39, 0.29) is 20.8 Å². The van der Waals surface area contributed by atoms with Crippen molar-refractivity contribution in [2.45, 2.75) is 33.6 Å². The molecule has 0 spiro atoms. The number of aldehydes is 1. The molecule has 4 aromatic rings. The van der Waals surface area contributed by atoms with Gasteiger partial charge in [-0.2, -0.15) is 0 Å². The highest BCUT2D eigenvalue weighted by Gasteiger charge is 2.28. The smallest absolute Gasteiger partial charge is 0.411 e. The van der Waals surface area contributed by atoms with Crippen molar-refractivity contribution in [1.29, 1.82) is 0 Å². The van der Waals surface area contributed by atoms with Crippen molar-refractivity contribution in [1.82, 2.24) is 10.2 Å². The molecule has 2 N–H and O–H groups in total. The number of piperidine rings is 1. The van der Waals surface area contributed by atoms with E-state index in [1.54, 1.807) is 0 Å². The molecule has 10 nitrogen and oxygen atoms in total. The van der Waals surface area contributed by atoms with Gasteiger partial charge >= 0.3 is 6.09 Å². The Labute approximate surface area is 269 Å². The zero-order valence-corrected chi connectivity index (χ0v) is 26.7. The maximum absolute atomic E-state index is 13.3. The maximum Gasteiger partial charge on any atom is 0.411 e. The second-order valence-corrected chi connectivity index (χ2v) is 14.8. The number of para-hydroxylation sites is 1. The van der Waals surface area contributed by atoms with Gasteiger partial charge in [0.1, 0.15) is 18.3 Å². The summed E-state index contributed by atoms with van der Waals surface area (Å²) < 4.78 is 58.7. The monoisotopic (exact) mass is 661 g/mol. The van der Waals surface area contributed by atoms with Gasteiger partial charge < -0.3 is 15.0 Å². The quantitative estimate of drug-likeness (QED) is 0.158. The molecule has 1 aliphatic heterocycles. The summed E-state index contributed by atoms with van der Waals surface area (Å²) in [7, 11) is -8.14. The van der Waals surface area contributed by atoms with Crippen LogP contribution < -0.4 is 10.6 Å². The maximum atomic E-state index is 13.3. The van der Waals surface area contributed by atoms with Crippen molar-refractivity contribution >= 4 is 37.7 Å². The summed E-state index contributed by atoms with van der Waals surface area (Å²) in [5, 5.41) is 5.81. The number of nitrogens with one attached hydrogen (secondary N) is 2. The number of hydrogen-bond donors (Lipinski definition) is 2. The highest BCUT2D eigenvalue weighted by molar-refractivity contribution is 7.94. The molecule has 1 amide bonds. The number of rotatable bonds is 12. The zero-order valence-electron chi connectivity index (χ0n) is 25.0. The fraction of sp³-hybridized carbons (Fsp3) is 0.235. The van der Waals surface area contributed by atoms with Crippen LogP contribution in [0.1, 0.15) is 23.2 Å². The predicted molar refractivity (Wildman–Crippen MR) is 175 cm³/mol. The summed E-state index contributed by atoms with van der Waals surface area (Å²) in [5.41, 5.74) is 2.88. The summed E-state index contributed by atoms with van der Waals surface area (Å²) in [4.78, 5) is 25.1. The number of hydrogen-bond acceptors (Lipinski definition) is 9. The summed E-state index contributed by atoms with van der Waals surface area (Å²) in [6, 6.07) is 28.2. The van der Waals surface area contributed by atoms with E-state index in [2.05, 4.69) is 15.5 Å². The van der Waals surface area contributed by atoms with Crippen LogP contribution in [0.3, 0.4) is 0 Å². The first-order chi connectivity index (χ1) is 22.2. The fourth-order valence-corrected chi connectivity index (χ4v) is 8.58. The minimum Gasteiger partial charge on any atom is -0.446 e. The topological polar surface area (TPSA) is 139 Å². The van der Waals surface area contributed by atoms with Crippen LogP contribution in [-0.4, -0.2) is 72.3 Å². The summed E-state index contributed by atoms with van der Waals surface area (Å²) in [6.07, 6.45) is 1.15. The third kappa shape index (κ3) is 8.07. The minimum atomic E-state index is -4.14. The van der Waals surface area contributed by atoms with Crippen molar-refractivity contribution in [3.05, 3.63) is 109 Å². The Bertz CT molecular complexity index is 1870. The van der Waals surface area contributed by atoms with Crippen LogP contribution in [0.15, 0.2) is 118 Å². The Morgan fingerprint density at radius 1 is 0.804 bits per heavy atom. The summed E-state index contributed by atoms with van der Waals surface area (Å²) in [6.45, 7) is 2.29. The van der Waals surface area contributed by atoms with Gasteiger partial charge in [-0.25, -0.2) is 21.6 Å². The first-order valence-electron chi connectivity index (χ1n) is 14.8. The van der Waals surface area contributed by atoms with E-state index in [0.717, 1.165) is 11.1 Å². The Balaban J connectivity index is 1.09. The molecule has 0 atom stereocenters. The molecule has 1 aliphatic rings. The number of amides is 1. The molecule has 0 aliphatic carbocycles. The molecular formula is C34H35N3O7S2. The van der Waals surface area contributed by atoms with Crippen LogP contribution in [0.2, 0.25) is 0 Å². The molecule has 1 fully saturated rings. The van der Waals surface area contributed by atoms with Gasteiger partial charge in [0.2, 0.25) is 9.84 Å². The molecule has 240 valence electrons. The lowest BCUT2D eigenvalue weighted by Gasteiger charge is -2.31. The van der Waals surface area contributed by atoms with Gasteiger partial charge in [0.05, 0.1) is 20.4 Å². The predicted octanol–water partition coefficient (Wildman–Crippen LogP) is 5.03. The normalized spacial score (nSPS) is 14.4. The zero-order chi connectivity index (χ0) is 32.6. The van der Waals surface area contributed by atoms with E-state index in [1.807, 2.05) is 54.6 Å². The highest BCUT2D eigenvalue weighted by Crippen LogP contribution is 2.29. The van der Waals surface area contributed by atoms with Crippen molar-refractivity contribution in [2.24, 2.45) is 0 Å². The molecule has 0 aromatic heterocycles. The Kier molecular flexibility index (Phi) is 10.6. The van der Waals surface area contributed by atoms with Gasteiger partial charge in [-0.05, 0) is 48.7 Å². The molecule has 0 bridgehead atoms. The third-order valence-electron chi connectivity index (χ3n) is 7.75. The number of anilines is 1. The number of carbonyl (C=O) groups is 2. The second kappa shape index (κ2) is 14.8. The fourth-order valence-electron chi connectivity index (χ4n) is 5.31. The van der Waals surface area contributed by atoms with E-state index >= 15 is 0 Å². The average molecular weight is 662 g/mol. The third-order valence-corrected chi connectivity index (χ3v) is 11.3. The number of nitrogens with zero attached hydrogens (tertiary/aromatic N) is 1. The van der Waals surface area contributed by atoms with Crippen LogP contribution in [0, 0.1) is 0 Å². The number of likely N-dealkylation sites (tertiary alicyclic amines) is 1. The van der Waals surface area contributed by atoms with E-state index in [0.29, 0.717) is 56.6 Å². The van der Waals surface area contributed by atoms with Gasteiger partial charge in [-0.3, -0.25) is 10.1 Å². The highest BCUT2D eigenvalue weighted by atomic mass is 32.2. The van der Waals surface area contributed by atoms with E-state index in [1.165, 1.54) is 48.5 Å². The molecular weight excluding hydrogens is 627 g/mol. The van der Waals surface area contributed by atoms with Crippen molar-refractivity contribution in [3.63, 3.8) is 0 Å². The number of benzene rings is 4. The first-order valence-corrected chi connectivity index (χ1v) is 18.0. The minimum absolute atomic E-state index is 0.101. The Morgan fingerprint density at radius 3 is 2.13 bits per heavy atom. The van der Waals surface area contributed by atoms with Crippen LogP contribution in [-0.2, 0) is 24.4 Å². The molecule has 46 heavy (non-hydrogen) atoms. The van der Waals surface area contributed by atoms with E-state index < -0.39 is 31.6 Å². The van der Waals surface area contributed by atoms with Crippen LogP contribution >= 0.6 is 0 Å². The summed E-state index contributed by atoms with van der Waals surface area (Å²) in [5.74, 6) is -0.437. The largest absolute Gasteiger partial charge is 0.446 e. The lowest BCUT2D eigenvalue weighted by atomic mass is 10.0. The molecule has 1 heterocycles. The molecule has 0 unspecified atom stereocenters. The van der Waals surface area contributed by atoms with Crippen molar-refractivity contribution in [3.8, 4) is 11.1 Å². The van der Waals surface area contributed by atoms with Gasteiger partial charge in [0, 0.05) is 37.3 Å². The van der Waals surface area contributed by atoms with Gasteiger partial charge in [0.25, 0.3) is 0 Å². The Hall–Kier alpha value is -4.36. The summed E-state index contributed by atoms with van der Waals surface area (Å²) >= 11 is 0. The lowest BCUT2D eigenvalue weighted by molar-refractivity contribution is 0.0594. The van der Waals surface area contributed by atoms with E-state index in [9.17, 15) is 26.4 Å². The first kappa shape index (κ1) is 33.0. The van der Waals surface area contributed by atoms with Crippen LogP contribution in [0.5, 0.6) is 0 Å². The number of ether oxygens (including phenoxy) is 1. The van der Waals surface area contributed by atoms with Gasteiger partial charge in [0.15, 0.2) is 9.84 Å². The molecule has 4 aromatic carbocycles. The van der Waals surface area contributed by atoms with Crippen molar-refractivity contribution in [2.75, 3.05) is 37.4 Å². The van der Waals surface area contributed by atoms with Gasteiger partial charge in [-0.1, -0.05) is 72.8 Å². The van der Waals surface area contributed by atoms with Crippen molar-refractivity contribution < 1.29 is 31.2 Å². The number of carbonyl (C=O) groups excluding carboxylic acids is 2. The Morgan fingerprint density at radius 2 is 1.43 bits per heavy atom. The van der Waals surface area contributed by atoms with Crippen LogP contribution in [0.25, 0.3) is 11.1 Å². The molecule has 1 saturated heterocycles. The molecule has 12 heteroatoms. The molecule has 0 saturated carbocycles.